The number of methoxy groups -OCH3 is 1. The number of hydrogen-bond acceptors (Lipinski definition) is 5. The topological polar surface area (TPSA) is 100 Å². The fourth-order valence-electron chi connectivity index (χ4n) is 3.24. The molecule has 0 aliphatic carbocycles. The van der Waals surface area contributed by atoms with E-state index in [9.17, 15) is 19.2 Å². The lowest BCUT2D eigenvalue weighted by atomic mass is 10.1. The van der Waals surface area contributed by atoms with Gasteiger partial charge in [0.1, 0.15) is 17.5 Å². The van der Waals surface area contributed by atoms with Gasteiger partial charge in [0.25, 0.3) is 11.8 Å². The second-order valence-corrected chi connectivity index (χ2v) is 8.13. The number of nitriles is 1. The third kappa shape index (κ3) is 6.40. The zero-order valence-electron chi connectivity index (χ0n) is 19.8. The number of aryl methyl sites for hydroxylation is 1. The second-order valence-electron chi connectivity index (χ2n) is 7.72. The maximum absolute atomic E-state index is 13.7. The number of nitrogens with zero attached hydrogens (tertiary/aromatic N) is 1. The van der Waals surface area contributed by atoms with E-state index in [1.165, 1.54) is 43.5 Å². The Balaban J connectivity index is 1.76. The monoisotopic (exact) mass is 507 g/mol. The molecule has 36 heavy (non-hydrogen) atoms. The molecule has 0 unspecified atom stereocenters. The van der Waals surface area contributed by atoms with Crippen molar-refractivity contribution >= 4 is 40.9 Å². The maximum atomic E-state index is 13.7. The van der Waals surface area contributed by atoms with Gasteiger partial charge in [0, 0.05) is 5.69 Å². The Morgan fingerprint density at radius 1 is 1.08 bits per heavy atom. The molecule has 0 heterocycles. The van der Waals surface area contributed by atoms with Crippen molar-refractivity contribution in [2.24, 2.45) is 0 Å². The van der Waals surface area contributed by atoms with Crippen molar-refractivity contribution in [3.8, 4) is 17.6 Å². The summed E-state index contributed by atoms with van der Waals surface area (Å²) in [6.07, 6.45) is 1.36. The van der Waals surface area contributed by atoms with Gasteiger partial charge in [-0.2, -0.15) is 5.26 Å². The quantitative estimate of drug-likeness (QED) is 0.302. The highest BCUT2D eigenvalue weighted by molar-refractivity contribution is 6.32. The van der Waals surface area contributed by atoms with E-state index in [-0.39, 0.29) is 27.8 Å². The van der Waals surface area contributed by atoms with Gasteiger partial charge in [0.15, 0.2) is 18.1 Å². The van der Waals surface area contributed by atoms with Crippen LogP contribution in [0.15, 0.2) is 60.2 Å². The first kappa shape index (κ1) is 26.3. The van der Waals surface area contributed by atoms with Crippen LogP contribution in [0.1, 0.15) is 16.7 Å². The molecule has 9 heteroatoms. The fraction of sp³-hybridized carbons (Fsp3) is 0.148. The Bertz CT molecular complexity index is 1380. The summed E-state index contributed by atoms with van der Waals surface area (Å²) in [4.78, 5) is 24.9. The summed E-state index contributed by atoms with van der Waals surface area (Å²) < 4.78 is 24.6. The van der Waals surface area contributed by atoms with Crippen LogP contribution in [0.3, 0.4) is 0 Å². The molecule has 0 aliphatic heterocycles. The van der Waals surface area contributed by atoms with Gasteiger partial charge in [0.2, 0.25) is 0 Å². The van der Waals surface area contributed by atoms with Gasteiger partial charge in [-0.1, -0.05) is 35.9 Å². The van der Waals surface area contributed by atoms with E-state index in [0.717, 1.165) is 11.1 Å². The molecular formula is C27H23ClFN3O4. The lowest BCUT2D eigenvalue weighted by Gasteiger charge is -2.14. The van der Waals surface area contributed by atoms with Crippen molar-refractivity contribution in [1.82, 2.24) is 0 Å². The molecule has 0 saturated heterocycles. The SMILES string of the molecule is COc1cc(/C=C(/C#N)C(=O)Nc2cccc(C)c2C)cc(Cl)c1OCC(=O)Nc1ccccc1F. The van der Waals surface area contributed by atoms with E-state index in [1.54, 1.807) is 12.1 Å². The minimum atomic E-state index is -0.600. The number of para-hydroxylation sites is 1. The van der Waals surface area contributed by atoms with Gasteiger partial charge < -0.3 is 20.1 Å². The van der Waals surface area contributed by atoms with E-state index in [1.807, 2.05) is 32.0 Å². The summed E-state index contributed by atoms with van der Waals surface area (Å²) in [5.41, 5.74) is 2.79. The molecule has 0 radical (unpaired) electrons. The molecule has 7 nitrogen and oxygen atoms in total. The van der Waals surface area contributed by atoms with Crippen molar-refractivity contribution in [2.45, 2.75) is 13.8 Å². The number of ether oxygens (including phenoxy) is 2. The fourth-order valence-corrected chi connectivity index (χ4v) is 3.51. The largest absolute Gasteiger partial charge is 0.493 e. The molecule has 3 aromatic rings. The molecule has 184 valence electrons. The second kappa shape index (κ2) is 11.9. The first-order chi connectivity index (χ1) is 17.2. The minimum absolute atomic E-state index is 0.0211. The van der Waals surface area contributed by atoms with Crippen LogP contribution >= 0.6 is 11.6 Å². The van der Waals surface area contributed by atoms with Crippen LogP contribution in [0.2, 0.25) is 5.02 Å². The number of halogens is 2. The highest BCUT2D eigenvalue weighted by Crippen LogP contribution is 2.37. The predicted octanol–water partition coefficient (Wildman–Crippen LogP) is 5.67. The number of anilines is 2. The standard InChI is InChI=1S/C27H23ClFN3O4/c1-16-7-6-10-22(17(16)2)32-27(34)19(14-30)11-18-12-20(28)26(24(13-18)35-3)36-15-25(33)31-23-9-5-4-8-21(23)29/h4-13H,15H2,1-3H3,(H,31,33)(H,32,34)/b19-11-. The lowest BCUT2D eigenvalue weighted by molar-refractivity contribution is -0.118. The van der Waals surface area contributed by atoms with Crippen LogP contribution in [0.25, 0.3) is 6.08 Å². The highest BCUT2D eigenvalue weighted by atomic mass is 35.5. The molecule has 0 saturated carbocycles. The Hall–Kier alpha value is -4.35. The molecule has 2 N–H and O–H groups in total. The highest BCUT2D eigenvalue weighted by Gasteiger charge is 2.16. The summed E-state index contributed by atoms with van der Waals surface area (Å²) >= 11 is 6.35. The summed E-state index contributed by atoms with van der Waals surface area (Å²) in [6, 6.07) is 16.1. The van der Waals surface area contributed by atoms with Crippen LogP contribution < -0.4 is 20.1 Å². The van der Waals surface area contributed by atoms with Crippen LogP contribution in [-0.2, 0) is 9.59 Å². The van der Waals surface area contributed by atoms with Gasteiger partial charge in [-0.25, -0.2) is 4.39 Å². The number of rotatable bonds is 8. The molecule has 0 fully saturated rings. The number of carbonyl (C=O) groups is 2. The smallest absolute Gasteiger partial charge is 0.266 e. The number of nitrogens with one attached hydrogen (secondary N) is 2. The Labute approximate surface area is 213 Å². The minimum Gasteiger partial charge on any atom is -0.493 e. The van der Waals surface area contributed by atoms with Gasteiger partial charge in [0.05, 0.1) is 17.8 Å². The van der Waals surface area contributed by atoms with Crippen molar-refractivity contribution < 1.29 is 23.5 Å². The average molecular weight is 508 g/mol. The van der Waals surface area contributed by atoms with Gasteiger partial charge >= 0.3 is 0 Å². The zero-order chi connectivity index (χ0) is 26.2. The number of hydrogen-bond donors (Lipinski definition) is 2. The first-order valence-corrected chi connectivity index (χ1v) is 11.1. The summed E-state index contributed by atoms with van der Waals surface area (Å²) in [7, 11) is 1.38. The number of amides is 2. The van der Waals surface area contributed by atoms with E-state index in [4.69, 9.17) is 21.1 Å². The lowest BCUT2D eigenvalue weighted by Crippen LogP contribution is -2.21. The van der Waals surface area contributed by atoms with E-state index >= 15 is 0 Å². The van der Waals surface area contributed by atoms with E-state index in [2.05, 4.69) is 10.6 Å². The first-order valence-electron chi connectivity index (χ1n) is 10.8. The molecule has 0 bridgehead atoms. The van der Waals surface area contributed by atoms with Crippen LogP contribution in [-0.4, -0.2) is 25.5 Å². The Morgan fingerprint density at radius 2 is 1.81 bits per heavy atom. The molecule has 0 atom stereocenters. The van der Waals surface area contributed by atoms with Crippen molar-refractivity contribution in [1.29, 1.82) is 5.26 Å². The number of benzene rings is 3. The third-order valence-corrected chi connectivity index (χ3v) is 5.56. The summed E-state index contributed by atoms with van der Waals surface area (Å²) in [5, 5.41) is 14.8. The molecule has 3 aromatic carbocycles. The van der Waals surface area contributed by atoms with E-state index in [0.29, 0.717) is 11.3 Å². The Morgan fingerprint density at radius 3 is 2.50 bits per heavy atom. The van der Waals surface area contributed by atoms with E-state index < -0.39 is 24.2 Å². The predicted molar refractivity (Wildman–Crippen MR) is 137 cm³/mol. The van der Waals surface area contributed by atoms with Crippen LogP contribution in [0.4, 0.5) is 15.8 Å². The maximum Gasteiger partial charge on any atom is 0.266 e. The molecule has 0 spiro atoms. The van der Waals surface area contributed by atoms with Crippen LogP contribution in [0.5, 0.6) is 11.5 Å². The Kier molecular flexibility index (Phi) is 8.66. The van der Waals surface area contributed by atoms with Crippen molar-refractivity contribution in [3.05, 3.63) is 87.7 Å². The van der Waals surface area contributed by atoms with Gasteiger partial charge in [-0.05, 0) is 66.9 Å². The summed E-state index contributed by atoms with van der Waals surface area (Å²) in [6.45, 7) is 3.34. The molecule has 2 amide bonds. The molecule has 0 aromatic heterocycles. The van der Waals surface area contributed by atoms with Crippen molar-refractivity contribution in [2.75, 3.05) is 24.4 Å². The average Bonchev–Trinajstić information content (AvgIpc) is 2.85. The third-order valence-electron chi connectivity index (χ3n) is 5.28. The molecule has 3 rings (SSSR count). The zero-order valence-corrected chi connectivity index (χ0v) is 20.6. The molecular weight excluding hydrogens is 485 g/mol. The van der Waals surface area contributed by atoms with Gasteiger partial charge in [-0.3, -0.25) is 9.59 Å². The normalized spacial score (nSPS) is 10.8. The summed E-state index contributed by atoms with van der Waals surface area (Å²) in [5.74, 6) is -1.49. The number of carbonyl (C=O) groups excluding carboxylic acids is 2. The molecule has 0 aliphatic rings. The van der Waals surface area contributed by atoms with Crippen molar-refractivity contribution in [3.63, 3.8) is 0 Å². The van der Waals surface area contributed by atoms with Crippen LogP contribution in [0, 0.1) is 31.0 Å². The van der Waals surface area contributed by atoms with Gasteiger partial charge in [-0.15, -0.1) is 0 Å².